The van der Waals surface area contributed by atoms with Crippen molar-refractivity contribution in [3.05, 3.63) is 58.6 Å². The van der Waals surface area contributed by atoms with Gasteiger partial charge in [0.15, 0.2) is 11.7 Å². The van der Waals surface area contributed by atoms with Crippen LogP contribution in [0.2, 0.25) is 0 Å². The van der Waals surface area contributed by atoms with Gasteiger partial charge in [-0.15, -0.1) is 0 Å². The van der Waals surface area contributed by atoms with Gasteiger partial charge >= 0.3 is 0 Å². The summed E-state index contributed by atoms with van der Waals surface area (Å²) >= 11 is 8.53. The summed E-state index contributed by atoms with van der Waals surface area (Å²) in [5, 5.41) is 5.75. The number of benzene rings is 2. The first-order valence-electron chi connectivity index (χ1n) is 7.15. The van der Waals surface area contributed by atoms with E-state index in [9.17, 15) is 4.79 Å². The molecule has 0 atom stereocenters. The lowest BCUT2D eigenvalue weighted by atomic mass is 10.2. The van der Waals surface area contributed by atoms with E-state index in [-0.39, 0.29) is 17.6 Å². The van der Waals surface area contributed by atoms with Gasteiger partial charge in [0.05, 0.1) is 4.47 Å². The van der Waals surface area contributed by atoms with Crippen LogP contribution in [-0.2, 0) is 11.2 Å². The van der Waals surface area contributed by atoms with E-state index in [0.29, 0.717) is 5.75 Å². The standard InChI is InChI=1S/C17H17BrN2O2S/c1-2-12-8-9-15(14(18)10-12)22-11-16(21)20-17(23)19-13-6-4-3-5-7-13/h3-10H,2,11H2,1H3,(H2,19,20,21,23). The minimum Gasteiger partial charge on any atom is -0.483 e. The Morgan fingerprint density at radius 1 is 1.22 bits per heavy atom. The fraction of sp³-hybridized carbons (Fsp3) is 0.176. The van der Waals surface area contributed by atoms with Gasteiger partial charge in [-0.3, -0.25) is 10.1 Å². The molecule has 0 aliphatic rings. The van der Waals surface area contributed by atoms with Crippen molar-refractivity contribution < 1.29 is 9.53 Å². The number of rotatable bonds is 5. The maximum absolute atomic E-state index is 11.9. The van der Waals surface area contributed by atoms with Crippen molar-refractivity contribution in [1.29, 1.82) is 0 Å². The molecule has 120 valence electrons. The number of aryl methyl sites for hydroxylation is 1. The van der Waals surface area contributed by atoms with Crippen molar-refractivity contribution >= 4 is 44.9 Å². The zero-order valence-electron chi connectivity index (χ0n) is 12.6. The Hall–Kier alpha value is -1.92. The van der Waals surface area contributed by atoms with Crippen LogP contribution in [0.25, 0.3) is 0 Å². The molecule has 2 aromatic carbocycles. The van der Waals surface area contributed by atoms with Crippen LogP contribution < -0.4 is 15.4 Å². The predicted molar refractivity (Wildman–Crippen MR) is 99.8 cm³/mol. The largest absolute Gasteiger partial charge is 0.483 e. The Labute approximate surface area is 149 Å². The molecule has 0 bridgehead atoms. The molecule has 0 saturated carbocycles. The highest BCUT2D eigenvalue weighted by Gasteiger charge is 2.08. The molecule has 0 radical (unpaired) electrons. The summed E-state index contributed by atoms with van der Waals surface area (Å²) in [5.74, 6) is 0.309. The van der Waals surface area contributed by atoms with Crippen LogP contribution in [-0.4, -0.2) is 17.6 Å². The summed E-state index contributed by atoms with van der Waals surface area (Å²) in [4.78, 5) is 11.9. The van der Waals surface area contributed by atoms with Gasteiger partial charge in [0.1, 0.15) is 5.75 Å². The van der Waals surface area contributed by atoms with E-state index in [4.69, 9.17) is 17.0 Å². The van der Waals surface area contributed by atoms with E-state index in [0.717, 1.165) is 16.6 Å². The molecule has 0 saturated heterocycles. The minimum atomic E-state index is -0.315. The minimum absolute atomic E-state index is 0.110. The first kappa shape index (κ1) is 17.4. The molecule has 23 heavy (non-hydrogen) atoms. The number of amides is 1. The first-order valence-corrected chi connectivity index (χ1v) is 8.35. The molecule has 0 aromatic heterocycles. The number of halogens is 1. The second kappa shape index (κ2) is 8.64. The van der Waals surface area contributed by atoms with Gasteiger partial charge in [-0.05, 0) is 64.4 Å². The number of hydrogen-bond acceptors (Lipinski definition) is 3. The second-order valence-electron chi connectivity index (χ2n) is 4.78. The molecule has 2 aromatic rings. The van der Waals surface area contributed by atoms with Crippen LogP contribution in [0.1, 0.15) is 12.5 Å². The second-order valence-corrected chi connectivity index (χ2v) is 6.04. The fourth-order valence-corrected chi connectivity index (χ4v) is 2.64. The summed E-state index contributed by atoms with van der Waals surface area (Å²) in [6.07, 6.45) is 0.943. The number of thiocarbonyl (C=S) groups is 1. The van der Waals surface area contributed by atoms with Crippen LogP contribution in [0.15, 0.2) is 53.0 Å². The van der Waals surface area contributed by atoms with Crippen molar-refractivity contribution in [2.24, 2.45) is 0 Å². The van der Waals surface area contributed by atoms with Crippen molar-refractivity contribution in [1.82, 2.24) is 5.32 Å². The van der Waals surface area contributed by atoms with E-state index in [2.05, 4.69) is 33.5 Å². The summed E-state index contributed by atoms with van der Waals surface area (Å²) in [6, 6.07) is 15.2. The quantitative estimate of drug-likeness (QED) is 0.757. The fourth-order valence-electron chi connectivity index (χ4n) is 1.87. The monoisotopic (exact) mass is 392 g/mol. The summed E-state index contributed by atoms with van der Waals surface area (Å²) in [5.41, 5.74) is 2.01. The number of para-hydroxylation sites is 1. The van der Waals surface area contributed by atoms with E-state index in [1.807, 2.05) is 48.5 Å². The van der Waals surface area contributed by atoms with Crippen LogP contribution >= 0.6 is 28.1 Å². The molecule has 4 nitrogen and oxygen atoms in total. The molecule has 0 aliphatic heterocycles. The maximum atomic E-state index is 11.9. The zero-order valence-corrected chi connectivity index (χ0v) is 15.0. The van der Waals surface area contributed by atoms with Crippen LogP contribution in [0.4, 0.5) is 5.69 Å². The lowest BCUT2D eigenvalue weighted by molar-refractivity contribution is -0.121. The highest BCUT2D eigenvalue weighted by Crippen LogP contribution is 2.26. The molecule has 0 fully saturated rings. The van der Waals surface area contributed by atoms with E-state index in [1.165, 1.54) is 5.56 Å². The zero-order chi connectivity index (χ0) is 16.7. The number of nitrogens with one attached hydrogen (secondary N) is 2. The third kappa shape index (κ3) is 5.65. The van der Waals surface area contributed by atoms with E-state index >= 15 is 0 Å². The van der Waals surface area contributed by atoms with Crippen LogP contribution in [0, 0.1) is 0 Å². The molecular weight excluding hydrogens is 376 g/mol. The molecule has 0 spiro atoms. The third-order valence-electron chi connectivity index (χ3n) is 3.05. The van der Waals surface area contributed by atoms with Crippen molar-refractivity contribution in [2.75, 3.05) is 11.9 Å². The Bertz CT molecular complexity index is 692. The average Bonchev–Trinajstić information content (AvgIpc) is 2.54. The van der Waals surface area contributed by atoms with Crippen molar-refractivity contribution in [3.8, 4) is 5.75 Å². The lowest BCUT2D eigenvalue weighted by Crippen LogP contribution is -2.37. The smallest absolute Gasteiger partial charge is 0.264 e. The van der Waals surface area contributed by atoms with Gasteiger partial charge < -0.3 is 10.1 Å². The van der Waals surface area contributed by atoms with Gasteiger partial charge in [-0.1, -0.05) is 31.2 Å². The van der Waals surface area contributed by atoms with Gasteiger partial charge in [-0.25, -0.2) is 0 Å². The molecule has 0 unspecified atom stereocenters. The Balaban J connectivity index is 1.82. The van der Waals surface area contributed by atoms with E-state index < -0.39 is 0 Å². The van der Waals surface area contributed by atoms with Crippen LogP contribution in [0.3, 0.4) is 0 Å². The van der Waals surface area contributed by atoms with Gasteiger partial charge in [0.2, 0.25) is 0 Å². The number of carbonyl (C=O) groups excluding carboxylic acids is 1. The van der Waals surface area contributed by atoms with Gasteiger partial charge in [0, 0.05) is 5.69 Å². The Morgan fingerprint density at radius 3 is 2.61 bits per heavy atom. The topological polar surface area (TPSA) is 50.4 Å². The van der Waals surface area contributed by atoms with Gasteiger partial charge in [-0.2, -0.15) is 0 Å². The molecule has 6 heteroatoms. The van der Waals surface area contributed by atoms with Crippen molar-refractivity contribution in [2.45, 2.75) is 13.3 Å². The van der Waals surface area contributed by atoms with E-state index in [1.54, 1.807) is 0 Å². The molecule has 2 rings (SSSR count). The Morgan fingerprint density at radius 2 is 1.96 bits per heavy atom. The van der Waals surface area contributed by atoms with Crippen molar-refractivity contribution in [3.63, 3.8) is 0 Å². The molecule has 0 heterocycles. The molecule has 1 amide bonds. The van der Waals surface area contributed by atoms with Gasteiger partial charge in [0.25, 0.3) is 5.91 Å². The average molecular weight is 393 g/mol. The highest BCUT2D eigenvalue weighted by atomic mass is 79.9. The maximum Gasteiger partial charge on any atom is 0.264 e. The normalized spacial score (nSPS) is 10.0. The molecule has 0 aliphatic carbocycles. The summed E-state index contributed by atoms with van der Waals surface area (Å²) < 4.78 is 6.33. The number of carbonyl (C=O) groups is 1. The number of anilines is 1. The predicted octanol–water partition coefficient (Wildman–Crippen LogP) is 3.90. The van der Waals surface area contributed by atoms with Crippen LogP contribution in [0.5, 0.6) is 5.75 Å². The number of hydrogen-bond donors (Lipinski definition) is 2. The molecule has 2 N–H and O–H groups in total. The first-order chi connectivity index (χ1) is 11.1. The Kier molecular flexibility index (Phi) is 6.55. The highest BCUT2D eigenvalue weighted by molar-refractivity contribution is 9.10. The number of ether oxygens (including phenoxy) is 1. The molecular formula is C17H17BrN2O2S. The lowest BCUT2D eigenvalue weighted by Gasteiger charge is -2.11. The summed E-state index contributed by atoms with van der Waals surface area (Å²) in [7, 11) is 0. The third-order valence-corrected chi connectivity index (χ3v) is 3.87. The summed E-state index contributed by atoms with van der Waals surface area (Å²) in [6.45, 7) is 1.97. The SMILES string of the molecule is CCc1ccc(OCC(=O)NC(=S)Nc2ccccc2)c(Br)c1.